The summed E-state index contributed by atoms with van der Waals surface area (Å²) in [5.74, 6) is 9.00. The topological polar surface area (TPSA) is 71.1 Å². The number of nitrogens with zero attached hydrogens (tertiary/aromatic N) is 2. The number of halogens is 1. The number of hydrogen-bond acceptors (Lipinski definition) is 6. The van der Waals surface area contributed by atoms with Crippen LogP contribution in [0.15, 0.2) is 48.6 Å². The van der Waals surface area contributed by atoms with Crippen LogP contribution in [0.2, 0.25) is 5.02 Å². The predicted octanol–water partition coefficient (Wildman–Crippen LogP) is 6.63. The van der Waals surface area contributed by atoms with Crippen molar-refractivity contribution < 1.29 is 18.5 Å². The van der Waals surface area contributed by atoms with Gasteiger partial charge in [-0.15, -0.1) is 0 Å². The van der Waals surface area contributed by atoms with Crippen LogP contribution in [0.25, 0.3) is 0 Å². The average molecular weight is 692 g/mol. The minimum atomic E-state index is -1.52. The Morgan fingerprint density at radius 2 is 1.92 bits per heavy atom. The van der Waals surface area contributed by atoms with Crippen molar-refractivity contribution in [2.45, 2.75) is 64.0 Å². The van der Waals surface area contributed by atoms with Crippen LogP contribution in [0.4, 0.5) is 5.69 Å². The van der Waals surface area contributed by atoms with Crippen molar-refractivity contribution in [2.75, 3.05) is 57.4 Å². The van der Waals surface area contributed by atoms with Gasteiger partial charge in [-0.2, -0.15) is 0 Å². The first-order valence-electron chi connectivity index (χ1n) is 17.8. The van der Waals surface area contributed by atoms with E-state index in [4.69, 9.17) is 21.1 Å². The number of ether oxygens (including phenoxy) is 2. The second-order valence-corrected chi connectivity index (χ2v) is 16.0. The normalized spacial score (nSPS) is 30.4. The second kappa shape index (κ2) is 16.3. The minimum absolute atomic E-state index is 0.132. The van der Waals surface area contributed by atoms with Gasteiger partial charge in [0.1, 0.15) is 16.7 Å². The number of carbonyl (C=O) groups is 1. The molecule has 2 aromatic carbocycles. The number of aryl methyl sites for hydroxylation is 1. The molecule has 4 aliphatic rings. The maximum atomic E-state index is 13.4. The van der Waals surface area contributed by atoms with E-state index in [9.17, 15) is 9.00 Å². The zero-order valence-electron chi connectivity index (χ0n) is 28.6. The summed E-state index contributed by atoms with van der Waals surface area (Å²) in [5.41, 5.74) is 3.97. The van der Waals surface area contributed by atoms with E-state index in [2.05, 4.69) is 64.5 Å². The molecule has 9 heteroatoms. The summed E-state index contributed by atoms with van der Waals surface area (Å²) in [6, 6.07) is 11.9. The molecule has 6 rings (SSSR count). The molecule has 2 aromatic rings. The van der Waals surface area contributed by atoms with Gasteiger partial charge in [-0.05, 0) is 91.8 Å². The van der Waals surface area contributed by atoms with Gasteiger partial charge >= 0.3 is 0 Å². The van der Waals surface area contributed by atoms with E-state index < -0.39 is 11.0 Å². The molecule has 258 valence electrons. The van der Waals surface area contributed by atoms with Crippen molar-refractivity contribution >= 4 is 34.2 Å². The molecule has 1 saturated carbocycles. The lowest BCUT2D eigenvalue weighted by molar-refractivity contribution is 0.0443. The molecule has 2 bridgehead atoms. The number of fused-ring (bicyclic) bond motifs is 2. The molecule has 0 aromatic heterocycles. The molecular formula is C39H50ClN3O4S. The van der Waals surface area contributed by atoms with E-state index in [1.807, 2.05) is 25.1 Å². The number of amides is 1. The number of allylic oxidation sites excluding steroid dienone is 2. The van der Waals surface area contributed by atoms with E-state index in [0.717, 1.165) is 94.5 Å². The Labute approximate surface area is 294 Å². The molecule has 0 spiro atoms. The fourth-order valence-electron chi connectivity index (χ4n) is 7.45. The molecule has 7 unspecified atom stereocenters. The predicted molar refractivity (Wildman–Crippen MR) is 195 cm³/mol. The number of nitrogens with one attached hydrogen (secondary N) is 1. The van der Waals surface area contributed by atoms with Gasteiger partial charge in [0.15, 0.2) is 0 Å². The summed E-state index contributed by atoms with van der Waals surface area (Å²) in [4.78, 5) is 18.3. The quantitative estimate of drug-likeness (QED) is 0.287. The summed E-state index contributed by atoms with van der Waals surface area (Å²) < 4.78 is 28.2. The fraction of sp³-hybridized carbons (Fsp3) is 0.564. The van der Waals surface area contributed by atoms with E-state index in [-0.39, 0.29) is 28.9 Å². The summed E-state index contributed by atoms with van der Waals surface area (Å²) in [7, 11) is -1.52. The van der Waals surface area contributed by atoms with Crippen LogP contribution in [-0.2, 0) is 22.1 Å². The van der Waals surface area contributed by atoms with Crippen molar-refractivity contribution in [3.63, 3.8) is 0 Å². The number of morpholine rings is 1. The Kier molecular flexibility index (Phi) is 11.9. The van der Waals surface area contributed by atoms with Gasteiger partial charge in [-0.3, -0.25) is 14.4 Å². The number of carbonyl (C=O) groups excluding carboxylic acids is 1. The van der Waals surface area contributed by atoms with Crippen LogP contribution < -0.4 is 14.4 Å². The van der Waals surface area contributed by atoms with Gasteiger partial charge in [-0.1, -0.05) is 61.9 Å². The summed E-state index contributed by atoms with van der Waals surface area (Å²) in [6.45, 7) is 12.6. The molecule has 48 heavy (non-hydrogen) atoms. The minimum Gasteiger partial charge on any atom is -0.491 e. The highest BCUT2D eigenvalue weighted by atomic mass is 35.5. The first kappa shape index (κ1) is 35.0. The third-order valence-corrected chi connectivity index (χ3v) is 12.5. The van der Waals surface area contributed by atoms with Crippen molar-refractivity contribution in [1.82, 2.24) is 9.62 Å². The van der Waals surface area contributed by atoms with Crippen molar-refractivity contribution in [1.29, 1.82) is 0 Å². The Balaban J connectivity index is 1.34. The smallest absolute Gasteiger partial charge is 0.263 e. The Morgan fingerprint density at radius 3 is 2.69 bits per heavy atom. The van der Waals surface area contributed by atoms with Gasteiger partial charge < -0.3 is 14.4 Å². The van der Waals surface area contributed by atoms with E-state index >= 15 is 0 Å². The van der Waals surface area contributed by atoms with Crippen molar-refractivity contribution in [3.05, 3.63) is 70.3 Å². The average Bonchev–Trinajstić information content (AvgIpc) is 3.25. The summed E-state index contributed by atoms with van der Waals surface area (Å²) in [5, 5.41) is 0.555. The van der Waals surface area contributed by atoms with Gasteiger partial charge in [-0.25, -0.2) is 4.21 Å². The number of hydrogen-bond donors (Lipinski definition) is 1. The lowest BCUT2D eigenvalue weighted by atomic mass is 9.66. The standard InChI is InChI=1S/C39H50ClN3O4S/c1-4-7-30-22-34(40)13-15-36(30)33-25-43-24-32-11-14-35(32)29(10-6-17-42-18-20-46-21-19-42)9-5-8-27(2)28(3)48(45)41-39(44)31-12-16-38(47-26-33)37(43)23-31/h5,9,12-13,15-16,22-23,27-29,32-33,35H,4,7-8,11,14,17-21,24-26H2,1-3H3,(H,41,44)/b9-5+. The van der Waals surface area contributed by atoms with Gasteiger partial charge in [0.05, 0.1) is 37.3 Å². The van der Waals surface area contributed by atoms with Crippen LogP contribution in [0, 0.1) is 35.5 Å². The van der Waals surface area contributed by atoms with Crippen molar-refractivity contribution in [2.24, 2.45) is 23.7 Å². The third kappa shape index (κ3) is 8.30. The van der Waals surface area contributed by atoms with Crippen LogP contribution in [0.5, 0.6) is 5.75 Å². The van der Waals surface area contributed by atoms with E-state index in [1.165, 1.54) is 11.1 Å². The highest BCUT2D eigenvalue weighted by Crippen LogP contribution is 2.44. The molecule has 1 N–H and O–H groups in total. The molecule has 3 aliphatic heterocycles. The van der Waals surface area contributed by atoms with Crippen molar-refractivity contribution in [3.8, 4) is 17.6 Å². The van der Waals surface area contributed by atoms with E-state index in [1.54, 1.807) is 6.07 Å². The largest absolute Gasteiger partial charge is 0.491 e. The molecule has 7 atom stereocenters. The highest BCUT2D eigenvalue weighted by Gasteiger charge is 2.38. The Hall–Kier alpha value is -2.83. The molecule has 3 heterocycles. The van der Waals surface area contributed by atoms with E-state index in [0.29, 0.717) is 24.0 Å². The molecule has 0 radical (unpaired) electrons. The fourth-order valence-corrected chi connectivity index (χ4v) is 8.66. The highest BCUT2D eigenvalue weighted by molar-refractivity contribution is 7.84. The Bertz CT molecular complexity index is 1560. The number of benzene rings is 2. The molecule has 1 amide bonds. The molecular weight excluding hydrogens is 642 g/mol. The zero-order valence-corrected chi connectivity index (χ0v) is 30.2. The third-order valence-electron chi connectivity index (χ3n) is 10.8. The van der Waals surface area contributed by atoms with Crippen LogP contribution >= 0.6 is 11.6 Å². The van der Waals surface area contributed by atoms with Crippen LogP contribution in [0.1, 0.15) is 73.9 Å². The van der Waals surface area contributed by atoms with Gasteiger partial charge in [0.25, 0.3) is 5.91 Å². The number of rotatable bonds is 4. The molecule has 1 saturated heterocycles. The van der Waals surface area contributed by atoms with Gasteiger partial charge in [0, 0.05) is 48.6 Å². The van der Waals surface area contributed by atoms with Crippen LogP contribution in [0.3, 0.4) is 0 Å². The second-order valence-electron chi connectivity index (χ2n) is 14.0. The zero-order chi connectivity index (χ0) is 33.6. The lowest BCUT2D eigenvalue weighted by Gasteiger charge is -2.43. The molecule has 7 nitrogen and oxygen atoms in total. The molecule has 1 aliphatic carbocycles. The monoisotopic (exact) mass is 691 g/mol. The van der Waals surface area contributed by atoms with Gasteiger partial charge in [0.2, 0.25) is 0 Å². The van der Waals surface area contributed by atoms with Crippen LogP contribution in [-0.4, -0.2) is 72.8 Å². The SMILES string of the molecule is CCCc1cc(Cl)ccc1C1COc2ccc3cc2N(C1)CC1CCC1C(C#CCN1CCOCC1)/C=C/CC(C)C(C)S(=O)NC3=O. The maximum Gasteiger partial charge on any atom is 0.263 e. The summed E-state index contributed by atoms with van der Waals surface area (Å²) >= 11 is 6.46. The Morgan fingerprint density at radius 1 is 1.08 bits per heavy atom. The number of anilines is 1. The maximum absolute atomic E-state index is 13.4. The summed E-state index contributed by atoms with van der Waals surface area (Å²) in [6.07, 6.45) is 9.61. The first-order chi connectivity index (χ1) is 23.3. The first-order valence-corrected chi connectivity index (χ1v) is 19.4. The lowest BCUT2D eigenvalue weighted by Crippen LogP contribution is -2.42. The molecule has 2 fully saturated rings.